The van der Waals surface area contributed by atoms with Gasteiger partial charge in [0.1, 0.15) is 0 Å². The third-order valence-corrected chi connectivity index (χ3v) is 3.28. The minimum absolute atomic E-state index is 0.169. The van der Waals surface area contributed by atoms with Crippen LogP contribution in [0.1, 0.15) is 25.8 Å². The molecule has 0 bridgehead atoms. The highest BCUT2D eigenvalue weighted by atomic mass is 16.2. The lowest BCUT2D eigenvalue weighted by molar-refractivity contribution is -0.117. The molecule has 0 atom stereocenters. The maximum Gasteiger partial charge on any atom is 0.231 e. The van der Waals surface area contributed by atoms with Crippen molar-refractivity contribution < 1.29 is 4.79 Å². The highest BCUT2D eigenvalue weighted by Gasteiger charge is 2.28. The Balaban J connectivity index is 2.18. The summed E-state index contributed by atoms with van der Waals surface area (Å²) in [5, 5.41) is 3.09. The highest BCUT2D eigenvalue weighted by molar-refractivity contribution is 6.01. The Kier molecular flexibility index (Phi) is 3.30. The summed E-state index contributed by atoms with van der Waals surface area (Å²) in [7, 11) is 1.88. The number of nitrogens with two attached hydrogens (primary N) is 1. The summed E-state index contributed by atoms with van der Waals surface area (Å²) in [5.74, 6) is 0.169. The van der Waals surface area contributed by atoms with Gasteiger partial charge in [0, 0.05) is 30.5 Å². The molecule has 0 fully saturated rings. The minimum atomic E-state index is -0.242. The van der Waals surface area contributed by atoms with E-state index in [-0.39, 0.29) is 11.4 Å². The summed E-state index contributed by atoms with van der Waals surface area (Å²) in [4.78, 5) is 13.9. The topological polar surface area (TPSA) is 58.4 Å². The van der Waals surface area contributed by atoms with Crippen molar-refractivity contribution in [3.8, 4) is 0 Å². The molecule has 4 heteroatoms. The molecule has 1 aliphatic heterocycles. The van der Waals surface area contributed by atoms with Crippen LogP contribution in [-0.2, 0) is 11.2 Å². The van der Waals surface area contributed by atoms with Crippen LogP contribution in [0.3, 0.4) is 0 Å². The third kappa shape index (κ3) is 2.64. The van der Waals surface area contributed by atoms with Crippen LogP contribution in [0.5, 0.6) is 0 Å². The first-order chi connectivity index (χ1) is 8.40. The van der Waals surface area contributed by atoms with Crippen LogP contribution in [0.2, 0.25) is 0 Å². The fourth-order valence-corrected chi connectivity index (χ4v) is 2.18. The Morgan fingerprint density at radius 2 is 2.17 bits per heavy atom. The predicted molar refractivity (Wildman–Crippen MR) is 74.9 cm³/mol. The van der Waals surface area contributed by atoms with Gasteiger partial charge in [-0.05, 0) is 44.0 Å². The first kappa shape index (κ1) is 12.9. The van der Waals surface area contributed by atoms with E-state index < -0.39 is 0 Å². The van der Waals surface area contributed by atoms with Gasteiger partial charge in [-0.15, -0.1) is 0 Å². The van der Waals surface area contributed by atoms with E-state index >= 15 is 0 Å². The van der Waals surface area contributed by atoms with Gasteiger partial charge >= 0.3 is 0 Å². The van der Waals surface area contributed by atoms with Crippen LogP contribution >= 0.6 is 0 Å². The molecule has 0 unspecified atom stereocenters. The Labute approximate surface area is 108 Å². The zero-order chi connectivity index (χ0) is 13.3. The zero-order valence-corrected chi connectivity index (χ0v) is 11.3. The highest BCUT2D eigenvalue weighted by Crippen LogP contribution is 2.31. The number of carbonyl (C=O) groups is 1. The van der Waals surface area contributed by atoms with Gasteiger partial charge in [0.05, 0.1) is 6.42 Å². The molecule has 0 saturated heterocycles. The molecule has 1 aromatic carbocycles. The van der Waals surface area contributed by atoms with E-state index in [4.69, 9.17) is 5.73 Å². The van der Waals surface area contributed by atoms with Crippen molar-refractivity contribution in [2.24, 2.45) is 5.73 Å². The van der Waals surface area contributed by atoms with Gasteiger partial charge in [-0.3, -0.25) is 4.79 Å². The van der Waals surface area contributed by atoms with Crippen LogP contribution in [-0.4, -0.2) is 25.0 Å². The summed E-state index contributed by atoms with van der Waals surface area (Å²) in [6.45, 7) is 4.66. The number of anilines is 2. The van der Waals surface area contributed by atoms with Gasteiger partial charge < -0.3 is 16.0 Å². The van der Waals surface area contributed by atoms with Crippen molar-refractivity contribution in [2.45, 2.75) is 32.2 Å². The molecule has 4 nitrogen and oxygen atoms in total. The van der Waals surface area contributed by atoms with Crippen molar-refractivity contribution >= 4 is 17.3 Å². The minimum Gasteiger partial charge on any atom is -0.388 e. The molecule has 1 amide bonds. The summed E-state index contributed by atoms with van der Waals surface area (Å²) >= 11 is 0. The van der Waals surface area contributed by atoms with E-state index in [0.717, 1.165) is 23.4 Å². The second kappa shape index (κ2) is 4.61. The Hall–Kier alpha value is -1.55. The van der Waals surface area contributed by atoms with Gasteiger partial charge in [0.15, 0.2) is 0 Å². The number of fused-ring (bicyclic) bond motifs is 1. The quantitative estimate of drug-likeness (QED) is 0.852. The summed E-state index contributed by atoms with van der Waals surface area (Å²) < 4.78 is 0. The number of rotatable bonds is 4. The fourth-order valence-electron chi connectivity index (χ4n) is 2.18. The molecule has 0 radical (unpaired) electrons. The SMILES string of the molecule is CNc1ccc2c(c1)CC(=O)N2CCC(C)(C)N. The molecule has 0 spiro atoms. The molecule has 1 aromatic rings. The molecule has 0 aliphatic carbocycles. The monoisotopic (exact) mass is 247 g/mol. The first-order valence-corrected chi connectivity index (χ1v) is 6.30. The number of carbonyl (C=O) groups excluding carboxylic acids is 1. The van der Waals surface area contributed by atoms with Gasteiger partial charge in [-0.25, -0.2) is 0 Å². The smallest absolute Gasteiger partial charge is 0.231 e. The van der Waals surface area contributed by atoms with E-state index in [9.17, 15) is 4.79 Å². The van der Waals surface area contributed by atoms with Crippen molar-refractivity contribution in [1.29, 1.82) is 0 Å². The van der Waals surface area contributed by atoms with Gasteiger partial charge in [-0.1, -0.05) is 0 Å². The van der Waals surface area contributed by atoms with Crippen LogP contribution in [0.4, 0.5) is 11.4 Å². The lowest BCUT2D eigenvalue weighted by Gasteiger charge is -2.24. The summed E-state index contributed by atoms with van der Waals surface area (Å²) in [6, 6.07) is 6.05. The molecule has 98 valence electrons. The number of nitrogens with zero attached hydrogens (tertiary/aromatic N) is 1. The molecule has 2 rings (SSSR count). The standard InChI is InChI=1S/C14H21N3O/c1-14(2,15)6-7-17-12-5-4-11(16-3)8-10(12)9-13(17)18/h4-5,8,16H,6-7,9,15H2,1-3H3. The lowest BCUT2D eigenvalue weighted by atomic mass is 10.0. The number of hydrogen-bond acceptors (Lipinski definition) is 3. The zero-order valence-electron chi connectivity index (χ0n) is 11.3. The lowest BCUT2D eigenvalue weighted by Crippen LogP contribution is -2.38. The molecule has 18 heavy (non-hydrogen) atoms. The molecular weight excluding hydrogens is 226 g/mol. The van der Waals surface area contributed by atoms with Crippen molar-refractivity contribution in [1.82, 2.24) is 0 Å². The van der Waals surface area contributed by atoms with E-state index in [1.54, 1.807) is 0 Å². The molecule has 3 N–H and O–H groups in total. The number of amides is 1. The van der Waals surface area contributed by atoms with E-state index in [1.165, 1.54) is 0 Å². The average molecular weight is 247 g/mol. The van der Waals surface area contributed by atoms with Crippen LogP contribution in [0.25, 0.3) is 0 Å². The number of nitrogens with one attached hydrogen (secondary N) is 1. The molecule has 0 saturated carbocycles. The maximum absolute atomic E-state index is 12.0. The van der Waals surface area contributed by atoms with Crippen molar-refractivity contribution in [3.05, 3.63) is 23.8 Å². The Bertz CT molecular complexity index is 463. The second-order valence-corrected chi connectivity index (χ2v) is 5.55. The number of benzene rings is 1. The molecular formula is C14H21N3O. The van der Waals surface area contributed by atoms with Crippen LogP contribution in [0, 0.1) is 0 Å². The fraction of sp³-hybridized carbons (Fsp3) is 0.500. The van der Waals surface area contributed by atoms with Crippen molar-refractivity contribution in [2.75, 3.05) is 23.8 Å². The number of hydrogen-bond donors (Lipinski definition) is 2. The van der Waals surface area contributed by atoms with Gasteiger partial charge in [0.25, 0.3) is 0 Å². The van der Waals surface area contributed by atoms with Crippen LogP contribution < -0.4 is 16.0 Å². The normalized spacial score (nSPS) is 14.9. The van der Waals surface area contributed by atoms with Gasteiger partial charge in [-0.2, -0.15) is 0 Å². The van der Waals surface area contributed by atoms with Gasteiger partial charge in [0.2, 0.25) is 5.91 Å². The predicted octanol–water partition coefficient (Wildman–Crippen LogP) is 1.74. The summed E-state index contributed by atoms with van der Waals surface area (Å²) in [6.07, 6.45) is 1.29. The average Bonchev–Trinajstić information content (AvgIpc) is 2.60. The molecule has 0 aromatic heterocycles. The maximum atomic E-state index is 12.0. The Morgan fingerprint density at radius 1 is 1.44 bits per heavy atom. The summed E-state index contributed by atoms with van der Waals surface area (Å²) in [5.41, 5.74) is 8.91. The van der Waals surface area contributed by atoms with Crippen molar-refractivity contribution in [3.63, 3.8) is 0 Å². The molecule has 1 heterocycles. The van der Waals surface area contributed by atoms with E-state index in [1.807, 2.05) is 44.0 Å². The Morgan fingerprint density at radius 3 is 2.78 bits per heavy atom. The molecule has 1 aliphatic rings. The largest absolute Gasteiger partial charge is 0.388 e. The van der Waals surface area contributed by atoms with E-state index in [0.29, 0.717) is 13.0 Å². The second-order valence-electron chi connectivity index (χ2n) is 5.55. The van der Waals surface area contributed by atoms with Crippen LogP contribution in [0.15, 0.2) is 18.2 Å². The third-order valence-electron chi connectivity index (χ3n) is 3.28. The van der Waals surface area contributed by atoms with E-state index in [2.05, 4.69) is 5.32 Å². The first-order valence-electron chi connectivity index (χ1n) is 6.30.